The van der Waals surface area contributed by atoms with Crippen LogP contribution in [0.5, 0.6) is 0 Å². The molecule has 1 saturated carbocycles. The standard InChI is InChI=1S/C33H45NO9S/c1-7-8-16-27(32(38)43-33(4,5)6)34-31(37)25(19-24-14-11-13-23-12-9-10-15-26(23)24)20-44(39,40)30-28(41-21(2)35)17-18-29(30)42-22(3)36/h9-15,25,27-30H,7-8,16-20H2,1-6H3,(H,34,37)/t25-,27+,28?,29?,30?/m1/s1. The number of rotatable bonds is 13. The Hall–Kier alpha value is -3.47. The summed E-state index contributed by atoms with van der Waals surface area (Å²) in [6.07, 6.45) is 0.149. The topological polar surface area (TPSA) is 142 Å². The number of unbranched alkanes of at least 4 members (excludes halogenated alkanes) is 1. The summed E-state index contributed by atoms with van der Waals surface area (Å²) >= 11 is 0. The summed E-state index contributed by atoms with van der Waals surface area (Å²) in [7, 11) is -4.20. The number of benzene rings is 2. The fourth-order valence-corrected chi connectivity index (χ4v) is 8.07. The molecule has 11 heteroatoms. The van der Waals surface area contributed by atoms with Crippen LogP contribution in [0.15, 0.2) is 42.5 Å². The van der Waals surface area contributed by atoms with E-state index in [0.717, 1.165) is 22.8 Å². The molecule has 0 heterocycles. The van der Waals surface area contributed by atoms with E-state index in [9.17, 15) is 27.6 Å². The van der Waals surface area contributed by atoms with E-state index in [1.807, 2.05) is 49.4 Å². The maximum atomic E-state index is 14.1. The molecule has 2 aromatic rings. The lowest BCUT2D eigenvalue weighted by molar-refractivity contribution is -0.159. The Kier molecular flexibility index (Phi) is 11.9. The largest absolute Gasteiger partial charge is 0.461 e. The van der Waals surface area contributed by atoms with Crippen LogP contribution in [-0.2, 0) is 49.6 Å². The molecule has 1 aliphatic rings. The summed E-state index contributed by atoms with van der Waals surface area (Å²) < 4.78 is 44.5. The Morgan fingerprint density at radius 2 is 1.52 bits per heavy atom. The van der Waals surface area contributed by atoms with Gasteiger partial charge in [-0.25, -0.2) is 13.2 Å². The van der Waals surface area contributed by atoms with Gasteiger partial charge in [0.15, 0.2) is 9.84 Å². The van der Waals surface area contributed by atoms with Gasteiger partial charge in [-0.3, -0.25) is 14.4 Å². The fraction of sp³-hybridized carbons (Fsp3) is 0.576. The van der Waals surface area contributed by atoms with Crippen LogP contribution in [0.25, 0.3) is 10.8 Å². The van der Waals surface area contributed by atoms with Crippen molar-refractivity contribution in [3.05, 3.63) is 48.0 Å². The molecule has 4 atom stereocenters. The van der Waals surface area contributed by atoms with E-state index in [1.165, 1.54) is 13.8 Å². The number of carbonyl (C=O) groups excluding carboxylic acids is 4. The molecule has 0 radical (unpaired) electrons. The molecule has 0 bridgehead atoms. The predicted octanol–water partition coefficient (Wildman–Crippen LogP) is 4.46. The number of nitrogens with one attached hydrogen (secondary N) is 1. The smallest absolute Gasteiger partial charge is 0.329 e. The van der Waals surface area contributed by atoms with E-state index < -0.39 is 74.4 Å². The molecule has 1 aliphatic carbocycles. The molecule has 242 valence electrons. The van der Waals surface area contributed by atoms with Crippen LogP contribution in [0.2, 0.25) is 0 Å². The molecular formula is C33H45NO9S. The number of ether oxygens (including phenoxy) is 3. The minimum absolute atomic E-state index is 0.0599. The van der Waals surface area contributed by atoms with Gasteiger partial charge >= 0.3 is 17.9 Å². The summed E-state index contributed by atoms with van der Waals surface area (Å²) in [6, 6.07) is 12.3. The van der Waals surface area contributed by atoms with Gasteiger partial charge in [0.05, 0.1) is 11.7 Å². The Balaban J connectivity index is 2.01. The van der Waals surface area contributed by atoms with Crippen molar-refractivity contribution < 1.29 is 41.8 Å². The van der Waals surface area contributed by atoms with Crippen LogP contribution in [-0.4, -0.2) is 67.1 Å². The molecule has 3 rings (SSSR count). The molecule has 1 N–H and O–H groups in total. The molecule has 1 amide bonds. The van der Waals surface area contributed by atoms with Gasteiger partial charge in [-0.15, -0.1) is 0 Å². The minimum Gasteiger partial charge on any atom is -0.461 e. The van der Waals surface area contributed by atoms with E-state index in [1.54, 1.807) is 20.8 Å². The van der Waals surface area contributed by atoms with Crippen LogP contribution >= 0.6 is 0 Å². The lowest BCUT2D eigenvalue weighted by atomic mass is 9.95. The van der Waals surface area contributed by atoms with Crippen molar-refractivity contribution in [3.63, 3.8) is 0 Å². The molecular weight excluding hydrogens is 586 g/mol. The SMILES string of the molecule is CCCC[C@H](NC(=O)[C@H](Cc1cccc2ccccc12)CS(=O)(=O)C1C(OC(C)=O)CCC1OC(C)=O)C(=O)OC(C)(C)C. The number of amides is 1. The van der Waals surface area contributed by atoms with Crippen molar-refractivity contribution in [2.75, 3.05) is 5.75 Å². The highest BCUT2D eigenvalue weighted by molar-refractivity contribution is 7.92. The number of hydrogen-bond acceptors (Lipinski definition) is 9. The van der Waals surface area contributed by atoms with Crippen molar-refractivity contribution in [2.45, 2.75) is 109 Å². The van der Waals surface area contributed by atoms with Gasteiger partial charge < -0.3 is 19.5 Å². The van der Waals surface area contributed by atoms with E-state index in [0.29, 0.717) is 12.8 Å². The zero-order valence-corrected chi connectivity index (χ0v) is 27.3. The van der Waals surface area contributed by atoms with Gasteiger partial charge in [-0.2, -0.15) is 0 Å². The molecule has 10 nitrogen and oxygen atoms in total. The number of carbonyl (C=O) groups is 4. The Bertz CT molecular complexity index is 1420. The molecule has 0 aromatic heterocycles. The summed E-state index contributed by atoms with van der Waals surface area (Å²) in [4.78, 5) is 50.7. The second-order valence-corrected chi connectivity index (χ2v) is 14.6. The number of fused-ring (bicyclic) bond motifs is 1. The van der Waals surface area contributed by atoms with Gasteiger partial charge in [0.2, 0.25) is 5.91 Å². The quantitative estimate of drug-likeness (QED) is 0.251. The average Bonchev–Trinajstić information content (AvgIpc) is 3.31. The maximum Gasteiger partial charge on any atom is 0.329 e. The fourth-order valence-electron chi connectivity index (χ4n) is 5.71. The number of esters is 3. The van der Waals surface area contributed by atoms with E-state index >= 15 is 0 Å². The van der Waals surface area contributed by atoms with Crippen molar-refractivity contribution in [2.24, 2.45) is 5.92 Å². The zero-order chi connectivity index (χ0) is 32.7. The summed E-state index contributed by atoms with van der Waals surface area (Å²) in [5.74, 6) is -4.24. The van der Waals surface area contributed by atoms with E-state index in [2.05, 4.69) is 5.32 Å². The summed E-state index contributed by atoms with van der Waals surface area (Å²) in [5.41, 5.74) is -0.0157. The normalized spacial score (nSPS) is 20.0. The molecule has 44 heavy (non-hydrogen) atoms. The van der Waals surface area contributed by atoms with Crippen LogP contribution in [0.3, 0.4) is 0 Å². The van der Waals surface area contributed by atoms with Gasteiger partial charge in [-0.1, -0.05) is 62.2 Å². The first-order valence-corrected chi connectivity index (χ1v) is 16.9. The first kappa shape index (κ1) is 35.0. The van der Waals surface area contributed by atoms with Crippen LogP contribution in [0.1, 0.15) is 79.2 Å². The molecule has 0 saturated heterocycles. The Labute approximate surface area is 260 Å². The second-order valence-electron chi connectivity index (χ2n) is 12.4. The van der Waals surface area contributed by atoms with E-state index in [-0.39, 0.29) is 19.3 Å². The maximum absolute atomic E-state index is 14.1. The lowest BCUT2D eigenvalue weighted by Crippen LogP contribution is -2.49. The number of sulfone groups is 1. The molecule has 0 aliphatic heterocycles. The lowest BCUT2D eigenvalue weighted by Gasteiger charge is -2.28. The summed E-state index contributed by atoms with van der Waals surface area (Å²) in [6.45, 7) is 9.55. The third-order valence-electron chi connectivity index (χ3n) is 7.52. The predicted molar refractivity (Wildman–Crippen MR) is 166 cm³/mol. The first-order chi connectivity index (χ1) is 20.6. The third-order valence-corrected chi connectivity index (χ3v) is 9.83. The first-order valence-electron chi connectivity index (χ1n) is 15.2. The van der Waals surface area contributed by atoms with Crippen LogP contribution in [0.4, 0.5) is 0 Å². The highest BCUT2D eigenvalue weighted by atomic mass is 32.2. The van der Waals surface area contributed by atoms with Gasteiger partial charge in [0.25, 0.3) is 0 Å². The van der Waals surface area contributed by atoms with Gasteiger partial charge in [0.1, 0.15) is 29.1 Å². The number of hydrogen-bond donors (Lipinski definition) is 1. The highest BCUT2D eigenvalue weighted by Gasteiger charge is 2.49. The molecule has 2 aromatic carbocycles. The average molecular weight is 632 g/mol. The van der Waals surface area contributed by atoms with E-state index in [4.69, 9.17) is 14.2 Å². The molecule has 1 fully saturated rings. The Morgan fingerprint density at radius 1 is 0.932 bits per heavy atom. The minimum atomic E-state index is -4.20. The van der Waals surface area contributed by atoms with Gasteiger partial charge in [0, 0.05) is 13.8 Å². The van der Waals surface area contributed by atoms with Crippen molar-refractivity contribution in [1.82, 2.24) is 5.32 Å². The summed E-state index contributed by atoms with van der Waals surface area (Å²) in [5, 5.41) is 3.26. The van der Waals surface area contributed by atoms with Crippen molar-refractivity contribution >= 4 is 44.4 Å². The second kappa shape index (κ2) is 15.0. The van der Waals surface area contributed by atoms with Crippen molar-refractivity contribution in [3.8, 4) is 0 Å². The molecule has 2 unspecified atom stereocenters. The van der Waals surface area contributed by atoms with Crippen molar-refractivity contribution in [1.29, 1.82) is 0 Å². The Morgan fingerprint density at radius 3 is 2.09 bits per heavy atom. The van der Waals surface area contributed by atoms with Crippen LogP contribution in [0, 0.1) is 5.92 Å². The highest BCUT2D eigenvalue weighted by Crippen LogP contribution is 2.33. The monoisotopic (exact) mass is 631 g/mol. The third kappa shape index (κ3) is 9.77. The van der Waals surface area contributed by atoms with Gasteiger partial charge in [-0.05, 0) is 62.8 Å². The molecule has 0 spiro atoms. The van der Waals surface area contributed by atoms with Crippen LogP contribution < -0.4 is 5.32 Å². The zero-order valence-electron chi connectivity index (χ0n) is 26.5.